The number of allylic oxidation sites excluding steroid dienone is 1. The first-order chi connectivity index (χ1) is 28.7. The third-order valence-corrected chi connectivity index (χ3v) is 16.1. The molecule has 17 heteroatoms. The number of methoxy groups -OCH3 is 1. The molecule has 5 aliphatic rings. The molecular formula is C43H54ClN5O9S2. The number of fused-ring (bicyclic) bond motifs is 2. The summed E-state index contributed by atoms with van der Waals surface area (Å²) in [6.45, 7) is 14.1. The number of nitrogens with zero attached hydrogens (tertiary/aromatic N) is 4. The summed E-state index contributed by atoms with van der Waals surface area (Å²) < 4.78 is 52.2. The van der Waals surface area contributed by atoms with Gasteiger partial charge in [0.2, 0.25) is 21.8 Å². The van der Waals surface area contributed by atoms with Crippen LogP contribution in [0.5, 0.6) is 11.5 Å². The van der Waals surface area contributed by atoms with Crippen molar-refractivity contribution in [3.8, 4) is 22.2 Å². The van der Waals surface area contributed by atoms with Crippen LogP contribution in [-0.4, -0.2) is 122 Å². The van der Waals surface area contributed by atoms with Crippen LogP contribution in [0.3, 0.4) is 0 Å². The number of ketones is 1. The van der Waals surface area contributed by atoms with Crippen molar-refractivity contribution >= 4 is 61.5 Å². The minimum Gasteiger partial charge on any atom is -0.491 e. The van der Waals surface area contributed by atoms with Gasteiger partial charge < -0.3 is 23.8 Å². The number of ether oxygens (including phenoxy) is 4. The Labute approximate surface area is 360 Å². The van der Waals surface area contributed by atoms with Gasteiger partial charge in [0, 0.05) is 56.4 Å². The van der Waals surface area contributed by atoms with E-state index in [1.54, 1.807) is 18.1 Å². The maximum Gasteiger partial charge on any atom is 0.240 e. The van der Waals surface area contributed by atoms with Gasteiger partial charge in [0.05, 0.1) is 59.2 Å². The minimum atomic E-state index is -3.84. The average molecular weight is 885 g/mol. The van der Waals surface area contributed by atoms with Crippen LogP contribution in [0.2, 0.25) is 5.02 Å². The maximum absolute atomic E-state index is 14.6. The number of amides is 2. The molecule has 5 fully saturated rings. The number of rotatable bonds is 17. The Bertz CT molecular complexity index is 2260. The molecule has 2 saturated carbocycles. The Balaban J connectivity index is 1.11. The van der Waals surface area contributed by atoms with Crippen LogP contribution >= 0.6 is 22.9 Å². The molecule has 1 aromatic carbocycles. The Kier molecular flexibility index (Phi) is 12.4. The molecule has 3 saturated heterocycles. The zero-order valence-electron chi connectivity index (χ0n) is 34.6. The van der Waals surface area contributed by atoms with Gasteiger partial charge in [0.15, 0.2) is 5.78 Å². The van der Waals surface area contributed by atoms with Crippen LogP contribution in [0.4, 0.5) is 0 Å². The van der Waals surface area contributed by atoms with Crippen molar-refractivity contribution in [3.63, 3.8) is 0 Å². The van der Waals surface area contributed by atoms with Crippen LogP contribution in [0.1, 0.15) is 77.3 Å². The number of carbonyl (C=O) groups is 3. The van der Waals surface area contributed by atoms with Crippen molar-refractivity contribution in [2.24, 2.45) is 17.3 Å². The van der Waals surface area contributed by atoms with Crippen LogP contribution in [0, 0.1) is 17.3 Å². The summed E-state index contributed by atoms with van der Waals surface area (Å²) in [6, 6.07) is 4.16. The van der Waals surface area contributed by atoms with E-state index in [0.29, 0.717) is 90.1 Å². The molecule has 14 nitrogen and oxygen atoms in total. The summed E-state index contributed by atoms with van der Waals surface area (Å²) in [4.78, 5) is 56.5. The molecule has 0 unspecified atom stereocenters. The van der Waals surface area contributed by atoms with Crippen molar-refractivity contribution in [3.05, 3.63) is 47.0 Å². The molecule has 8 rings (SSSR count). The Morgan fingerprint density at radius 2 is 1.90 bits per heavy atom. The topological polar surface area (TPSA) is 167 Å². The molecule has 324 valence electrons. The quantitative estimate of drug-likeness (QED) is 0.163. The summed E-state index contributed by atoms with van der Waals surface area (Å²) in [6.07, 6.45) is 2.92. The number of pyridine rings is 1. The van der Waals surface area contributed by atoms with Crippen LogP contribution < -0.4 is 14.2 Å². The van der Waals surface area contributed by atoms with Gasteiger partial charge in [-0.25, -0.2) is 18.4 Å². The van der Waals surface area contributed by atoms with Gasteiger partial charge in [-0.2, -0.15) is 0 Å². The molecule has 2 aliphatic carbocycles. The minimum absolute atomic E-state index is 0.171. The number of thiazole rings is 1. The van der Waals surface area contributed by atoms with Gasteiger partial charge in [-0.05, 0) is 63.0 Å². The van der Waals surface area contributed by atoms with Crippen molar-refractivity contribution in [2.45, 2.75) is 101 Å². The molecule has 7 atom stereocenters. The van der Waals surface area contributed by atoms with Gasteiger partial charge in [0.1, 0.15) is 39.9 Å². The highest BCUT2D eigenvalue weighted by Gasteiger charge is 2.62. The molecule has 0 bridgehead atoms. The number of nitrogens with one attached hydrogen (secondary N) is 1. The lowest BCUT2D eigenvalue weighted by atomic mass is 9.87. The first-order valence-corrected chi connectivity index (χ1v) is 23.8. The number of piperidine rings is 1. The third kappa shape index (κ3) is 8.44. The summed E-state index contributed by atoms with van der Waals surface area (Å²) in [5, 5.41) is 3.08. The Hall–Kier alpha value is -3.67. The Morgan fingerprint density at radius 3 is 2.57 bits per heavy atom. The van der Waals surface area contributed by atoms with E-state index in [9.17, 15) is 22.8 Å². The highest BCUT2D eigenvalue weighted by atomic mass is 35.5. The predicted molar refractivity (Wildman–Crippen MR) is 228 cm³/mol. The number of aromatic nitrogens is 2. The Morgan fingerprint density at radius 1 is 1.13 bits per heavy atom. The molecule has 3 aromatic rings. The normalized spacial score (nSPS) is 27.5. The second-order valence-corrected chi connectivity index (χ2v) is 20.4. The second kappa shape index (κ2) is 17.2. The zero-order valence-corrected chi connectivity index (χ0v) is 37.0. The molecule has 60 heavy (non-hydrogen) atoms. The van der Waals surface area contributed by atoms with E-state index < -0.39 is 50.7 Å². The molecule has 1 N–H and O–H groups in total. The number of hydrogen-bond acceptors (Lipinski definition) is 13. The first-order valence-electron chi connectivity index (χ1n) is 21.0. The summed E-state index contributed by atoms with van der Waals surface area (Å²) >= 11 is 8.59. The fourth-order valence-electron chi connectivity index (χ4n) is 9.00. The highest BCUT2D eigenvalue weighted by Crippen LogP contribution is 2.57. The van der Waals surface area contributed by atoms with Gasteiger partial charge in [-0.15, -0.1) is 17.9 Å². The average Bonchev–Trinajstić information content (AvgIpc) is 4.13. The van der Waals surface area contributed by atoms with Crippen LogP contribution in [0.15, 0.2) is 36.2 Å². The molecule has 0 radical (unpaired) electrons. The van der Waals surface area contributed by atoms with E-state index in [1.807, 2.05) is 30.5 Å². The summed E-state index contributed by atoms with van der Waals surface area (Å²) in [5.41, 5.74) is 0.718. The van der Waals surface area contributed by atoms with Gasteiger partial charge in [0.25, 0.3) is 0 Å². The van der Waals surface area contributed by atoms with E-state index >= 15 is 0 Å². The predicted octanol–water partition coefficient (Wildman–Crippen LogP) is 5.77. The summed E-state index contributed by atoms with van der Waals surface area (Å²) in [5.74, 6) is -0.890. The standard InChI is InChI=1S/C43H54ClN5O9S2/c1-6-26-21-43(26,42(52)47-60(53,54)27-7-8-27)22-34(50)33-20-37(32-11-9-28(25(4)55-5)41(51)49(32)33)58-36-19-30(40-46-31(23-59-40)24(2)3)45-39-29(36)10-12-35(38(39)44)57-18-15-48-13-16-56-17-14-48/h6,10,12,19,23-28,32-33,37H,1,7-9,11,13-18,20-22H2,2-5H3,(H,47,52)/t25-,26-,28-,32-,33+,37-,43-/m1/s1. The van der Waals surface area contributed by atoms with Crippen LogP contribution in [-0.2, 0) is 33.9 Å². The molecule has 2 amide bonds. The zero-order chi connectivity index (χ0) is 42.5. The highest BCUT2D eigenvalue weighted by molar-refractivity contribution is 7.90. The van der Waals surface area contributed by atoms with E-state index in [4.69, 9.17) is 40.5 Å². The number of Topliss-reactive ketones (excluding diaryl/α,β-unsaturated/α-hetero) is 1. The van der Waals surface area contributed by atoms with E-state index in [1.165, 1.54) is 11.3 Å². The van der Waals surface area contributed by atoms with Crippen molar-refractivity contribution in [2.75, 3.05) is 46.6 Å². The van der Waals surface area contributed by atoms with Crippen molar-refractivity contribution in [1.29, 1.82) is 0 Å². The molecule has 3 aliphatic heterocycles. The van der Waals surface area contributed by atoms with Gasteiger partial charge in [-0.1, -0.05) is 31.5 Å². The lowest BCUT2D eigenvalue weighted by Crippen LogP contribution is -2.55. The number of hydrogen-bond donors (Lipinski definition) is 1. The first kappa shape index (κ1) is 43.0. The van der Waals surface area contributed by atoms with E-state index in [0.717, 1.165) is 25.3 Å². The second-order valence-electron chi connectivity index (χ2n) is 17.2. The molecule has 5 heterocycles. The van der Waals surface area contributed by atoms with Gasteiger partial charge >= 0.3 is 0 Å². The van der Waals surface area contributed by atoms with E-state index in [-0.39, 0.29) is 42.5 Å². The van der Waals surface area contributed by atoms with Crippen molar-refractivity contribution in [1.82, 2.24) is 24.5 Å². The van der Waals surface area contributed by atoms with Crippen LogP contribution in [0.25, 0.3) is 21.6 Å². The lowest BCUT2D eigenvalue weighted by Gasteiger charge is -2.40. The lowest BCUT2D eigenvalue weighted by molar-refractivity contribution is -0.152. The monoisotopic (exact) mass is 883 g/mol. The van der Waals surface area contributed by atoms with Gasteiger partial charge in [-0.3, -0.25) is 24.0 Å². The molecule has 0 spiro atoms. The number of sulfonamides is 1. The largest absolute Gasteiger partial charge is 0.491 e. The fourth-order valence-corrected chi connectivity index (χ4v) is 11.6. The smallest absolute Gasteiger partial charge is 0.240 e. The number of halogens is 1. The van der Waals surface area contributed by atoms with E-state index in [2.05, 4.69) is 30.0 Å². The number of morpholine rings is 1. The summed E-state index contributed by atoms with van der Waals surface area (Å²) in [7, 11) is -2.28. The molecular weight excluding hydrogens is 830 g/mol. The SMILES string of the molecule is C=C[C@@H]1C[C@]1(CC(=O)[C@@H]1C[C@@H](Oc2cc(-c3nc(C(C)C)cs3)nc3c(Cl)c(OCCN4CCOCC4)ccc23)[C@H]2CC[C@H]([C@@H](C)OC)C(=O)N21)C(=O)NS(=O)(=O)C1CC1. The number of carbonyl (C=O) groups excluding carboxylic acids is 3. The van der Waals surface area contributed by atoms with Crippen molar-refractivity contribution < 1.29 is 41.7 Å². The number of benzene rings is 1. The maximum atomic E-state index is 14.6. The molecule has 2 aromatic heterocycles. The fraction of sp³-hybridized carbons (Fsp3) is 0.605. The third-order valence-electron chi connectivity index (χ3n) is 13.0.